The molecule has 0 aromatic heterocycles. The predicted molar refractivity (Wildman–Crippen MR) is 154 cm³/mol. The monoisotopic (exact) mass is 508 g/mol. The molecular weight excluding hydrogens is 452 g/mol. The summed E-state index contributed by atoms with van der Waals surface area (Å²) in [7, 11) is 0. The maximum Gasteiger partial charge on any atom is 0.195 e. The van der Waals surface area contributed by atoms with Gasteiger partial charge in [0.05, 0.1) is 0 Å². The van der Waals surface area contributed by atoms with Gasteiger partial charge < -0.3 is 21.3 Å². The lowest BCUT2D eigenvalue weighted by Gasteiger charge is -2.18. The van der Waals surface area contributed by atoms with Crippen molar-refractivity contribution in [1.29, 1.82) is 21.6 Å². The molecule has 0 aliphatic rings. The molecular formula is C26H56N10. The lowest BCUT2D eigenvalue weighted by Crippen LogP contribution is -2.47. The number of hydrogen-bond acceptors (Lipinski definition) is 4. The second kappa shape index (κ2) is 22.9. The van der Waals surface area contributed by atoms with E-state index in [-0.39, 0.29) is 23.8 Å². The van der Waals surface area contributed by atoms with Crippen molar-refractivity contribution in [3.8, 4) is 0 Å². The van der Waals surface area contributed by atoms with Crippen molar-refractivity contribution in [2.45, 2.75) is 105 Å². The Labute approximate surface area is 220 Å². The van der Waals surface area contributed by atoms with Crippen LogP contribution in [0.15, 0.2) is 0 Å². The molecule has 0 amide bonds. The summed E-state index contributed by atoms with van der Waals surface area (Å²) in [5.74, 6) is 1.83. The average molecular weight is 509 g/mol. The van der Waals surface area contributed by atoms with Crippen LogP contribution in [0.3, 0.4) is 0 Å². The molecule has 0 aromatic rings. The number of unbranched alkanes of at least 4 members (excludes halogenated alkanes) is 3. The van der Waals surface area contributed by atoms with Crippen molar-refractivity contribution in [2.75, 3.05) is 26.2 Å². The fourth-order valence-electron chi connectivity index (χ4n) is 4.28. The van der Waals surface area contributed by atoms with Crippen LogP contribution in [-0.2, 0) is 0 Å². The number of nitrogens with one attached hydrogen (secondary N) is 10. The number of hydrogen-bond donors (Lipinski definition) is 10. The van der Waals surface area contributed by atoms with Crippen LogP contribution in [0.1, 0.15) is 105 Å². The molecule has 0 rings (SSSR count). The molecule has 10 heteroatoms. The predicted octanol–water partition coefficient (Wildman–Crippen LogP) is 4.26. The highest BCUT2D eigenvalue weighted by atomic mass is 15.2. The molecule has 10 N–H and O–H groups in total. The maximum atomic E-state index is 7.97. The van der Waals surface area contributed by atoms with Crippen LogP contribution >= 0.6 is 0 Å². The van der Waals surface area contributed by atoms with E-state index in [2.05, 4.69) is 59.6 Å². The van der Waals surface area contributed by atoms with Crippen LogP contribution in [0, 0.1) is 33.5 Å². The third-order valence-electron chi connectivity index (χ3n) is 6.13. The van der Waals surface area contributed by atoms with Gasteiger partial charge in [-0.25, -0.2) is 0 Å². The molecule has 0 aliphatic carbocycles. The topological polar surface area (TPSA) is 168 Å². The fourth-order valence-corrected chi connectivity index (χ4v) is 4.28. The molecule has 10 nitrogen and oxygen atoms in total. The van der Waals surface area contributed by atoms with Crippen LogP contribution in [0.2, 0.25) is 0 Å². The van der Waals surface area contributed by atoms with E-state index >= 15 is 0 Å². The van der Waals surface area contributed by atoms with E-state index in [0.717, 1.165) is 90.1 Å². The van der Waals surface area contributed by atoms with Crippen LogP contribution < -0.4 is 31.9 Å². The van der Waals surface area contributed by atoms with Crippen LogP contribution in [0.4, 0.5) is 0 Å². The normalized spacial score (nSPS) is 10.7. The van der Waals surface area contributed by atoms with Crippen LogP contribution in [0.5, 0.6) is 0 Å². The molecule has 0 heterocycles. The largest absolute Gasteiger partial charge is 0.356 e. The second-order valence-corrected chi connectivity index (χ2v) is 9.67. The first kappa shape index (κ1) is 33.5. The molecule has 0 aromatic carbocycles. The standard InChI is InChI=1S/C26H56N10/c1-5-13-21(14-6-2)19-33-25(29)35-23(27)31-17-11-9-10-12-18-32-24(28)36-26(30)34-20-22(15-7-3)16-8-4/h21-22H,5-20H2,1-4H3,(H5,27,29,31,33,35)(H5,28,30,32,34,36). The molecule has 0 aliphatic heterocycles. The zero-order valence-electron chi connectivity index (χ0n) is 23.5. The van der Waals surface area contributed by atoms with Gasteiger partial charge in [0.2, 0.25) is 0 Å². The summed E-state index contributed by atoms with van der Waals surface area (Å²) < 4.78 is 0. The van der Waals surface area contributed by atoms with Gasteiger partial charge in [-0.15, -0.1) is 0 Å². The molecule has 0 fully saturated rings. The molecule has 0 unspecified atom stereocenters. The lowest BCUT2D eigenvalue weighted by atomic mass is 9.98. The van der Waals surface area contributed by atoms with Crippen molar-refractivity contribution in [1.82, 2.24) is 31.9 Å². The van der Waals surface area contributed by atoms with Gasteiger partial charge in [0.15, 0.2) is 23.8 Å². The smallest absolute Gasteiger partial charge is 0.195 e. The Morgan fingerprint density at radius 1 is 0.472 bits per heavy atom. The van der Waals surface area contributed by atoms with Crippen LogP contribution in [0.25, 0.3) is 0 Å². The number of rotatable bonds is 19. The summed E-state index contributed by atoms with van der Waals surface area (Å²) in [6, 6.07) is 0. The van der Waals surface area contributed by atoms with Gasteiger partial charge in [-0.1, -0.05) is 66.2 Å². The third kappa shape index (κ3) is 19.8. The van der Waals surface area contributed by atoms with E-state index in [0.29, 0.717) is 24.9 Å². The van der Waals surface area contributed by atoms with Gasteiger partial charge in [-0.2, -0.15) is 0 Å². The Kier molecular flexibility index (Phi) is 21.3. The summed E-state index contributed by atoms with van der Waals surface area (Å²) in [6.45, 7) is 11.7. The van der Waals surface area contributed by atoms with E-state index in [4.69, 9.17) is 21.6 Å². The zero-order valence-corrected chi connectivity index (χ0v) is 23.5. The molecule has 0 radical (unpaired) electrons. The fraction of sp³-hybridized carbons (Fsp3) is 0.846. The number of guanidine groups is 4. The van der Waals surface area contributed by atoms with E-state index in [1.54, 1.807) is 0 Å². The summed E-state index contributed by atoms with van der Waals surface area (Å²) in [5.41, 5.74) is 0. The first-order valence-electron chi connectivity index (χ1n) is 14.2. The Morgan fingerprint density at radius 3 is 1.08 bits per heavy atom. The summed E-state index contributed by atoms with van der Waals surface area (Å²) in [5, 5.41) is 49.6. The summed E-state index contributed by atoms with van der Waals surface area (Å²) in [6.07, 6.45) is 13.2. The van der Waals surface area contributed by atoms with Crippen molar-refractivity contribution < 1.29 is 0 Å². The van der Waals surface area contributed by atoms with Crippen molar-refractivity contribution >= 4 is 23.8 Å². The third-order valence-corrected chi connectivity index (χ3v) is 6.13. The molecule has 0 spiro atoms. The molecule has 0 bridgehead atoms. The van der Waals surface area contributed by atoms with Gasteiger partial charge in [-0.05, 0) is 50.4 Å². The Balaban J connectivity index is 3.75. The first-order valence-corrected chi connectivity index (χ1v) is 14.2. The van der Waals surface area contributed by atoms with Crippen molar-refractivity contribution in [3.63, 3.8) is 0 Å². The highest BCUT2D eigenvalue weighted by Crippen LogP contribution is 2.12. The minimum absolute atomic E-state index is 0.156. The van der Waals surface area contributed by atoms with Crippen molar-refractivity contribution in [3.05, 3.63) is 0 Å². The minimum atomic E-state index is 0.156. The molecule has 36 heavy (non-hydrogen) atoms. The molecule has 0 saturated carbocycles. The van der Waals surface area contributed by atoms with E-state index in [1.165, 1.54) is 0 Å². The van der Waals surface area contributed by atoms with E-state index in [1.807, 2.05) is 0 Å². The first-order chi connectivity index (χ1) is 17.4. The summed E-state index contributed by atoms with van der Waals surface area (Å²) in [4.78, 5) is 0. The Hall–Kier alpha value is -2.52. The highest BCUT2D eigenvalue weighted by Gasteiger charge is 2.09. The Morgan fingerprint density at radius 2 is 0.778 bits per heavy atom. The van der Waals surface area contributed by atoms with E-state index in [9.17, 15) is 0 Å². The molecule has 210 valence electrons. The highest BCUT2D eigenvalue weighted by molar-refractivity contribution is 5.96. The quantitative estimate of drug-likeness (QED) is 0.0710. The van der Waals surface area contributed by atoms with Gasteiger partial charge in [0.25, 0.3) is 0 Å². The summed E-state index contributed by atoms with van der Waals surface area (Å²) >= 11 is 0. The zero-order chi connectivity index (χ0) is 27.0. The lowest BCUT2D eigenvalue weighted by molar-refractivity contribution is 0.434. The Bertz CT molecular complexity index is 544. The van der Waals surface area contributed by atoms with Crippen molar-refractivity contribution in [2.24, 2.45) is 11.8 Å². The van der Waals surface area contributed by atoms with Gasteiger partial charge in [-0.3, -0.25) is 32.3 Å². The minimum Gasteiger partial charge on any atom is -0.356 e. The molecule has 0 atom stereocenters. The van der Waals surface area contributed by atoms with Gasteiger partial charge >= 0.3 is 0 Å². The van der Waals surface area contributed by atoms with Gasteiger partial charge in [0, 0.05) is 26.2 Å². The van der Waals surface area contributed by atoms with Gasteiger partial charge in [0.1, 0.15) is 0 Å². The SMILES string of the molecule is CCCC(CCC)CNC(=N)NC(=N)NCCCCCCNC(=N)NC(=N)NCC(CCC)CCC. The van der Waals surface area contributed by atoms with Crippen LogP contribution in [-0.4, -0.2) is 50.0 Å². The maximum absolute atomic E-state index is 7.97. The van der Waals surface area contributed by atoms with E-state index < -0.39 is 0 Å². The average Bonchev–Trinajstić information content (AvgIpc) is 2.83. The molecule has 0 saturated heterocycles. The second-order valence-electron chi connectivity index (χ2n) is 9.67.